The summed E-state index contributed by atoms with van der Waals surface area (Å²) < 4.78 is 5.94. The SMILES string of the molecule is CCNC(=NCc1cccc(Oc2ccccc2)c1)N1CCC(CC(=O)NC)CC1.I. The molecule has 0 atom stereocenters. The van der Waals surface area contributed by atoms with Crippen molar-refractivity contribution in [2.45, 2.75) is 32.7 Å². The van der Waals surface area contributed by atoms with Gasteiger partial charge >= 0.3 is 0 Å². The first-order chi connectivity index (χ1) is 14.7. The minimum absolute atomic E-state index is 0. The third-order valence-corrected chi connectivity index (χ3v) is 5.29. The van der Waals surface area contributed by atoms with Gasteiger partial charge in [0.25, 0.3) is 0 Å². The molecule has 168 valence electrons. The Kier molecular flexibility index (Phi) is 10.6. The molecule has 1 aliphatic rings. The average molecular weight is 536 g/mol. The average Bonchev–Trinajstić information content (AvgIpc) is 2.78. The molecule has 3 rings (SSSR count). The van der Waals surface area contributed by atoms with E-state index in [0.717, 1.165) is 55.5 Å². The summed E-state index contributed by atoms with van der Waals surface area (Å²) in [5.74, 6) is 3.16. The molecular formula is C24H33IN4O2. The van der Waals surface area contributed by atoms with Crippen LogP contribution in [0.2, 0.25) is 0 Å². The van der Waals surface area contributed by atoms with Crippen molar-refractivity contribution in [3.63, 3.8) is 0 Å². The highest BCUT2D eigenvalue weighted by molar-refractivity contribution is 14.0. The van der Waals surface area contributed by atoms with E-state index in [1.807, 2.05) is 48.5 Å². The number of carbonyl (C=O) groups excluding carboxylic acids is 1. The van der Waals surface area contributed by atoms with Crippen molar-refractivity contribution in [3.8, 4) is 11.5 Å². The van der Waals surface area contributed by atoms with Gasteiger partial charge in [-0.25, -0.2) is 4.99 Å². The van der Waals surface area contributed by atoms with Gasteiger partial charge in [-0.15, -0.1) is 24.0 Å². The number of hydrogen-bond donors (Lipinski definition) is 2. The second-order valence-corrected chi connectivity index (χ2v) is 7.54. The summed E-state index contributed by atoms with van der Waals surface area (Å²) in [7, 11) is 1.70. The maximum Gasteiger partial charge on any atom is 0.220 e. The Hall–Kier alpha value is -2.29. The standard InChI is InChI=1S/C24H32N4O2.HI/c1-3-26-24(28-14-12-19(13-15-28)17-23(29)25-2)27-18-20-8-7-11-22(16-20)30-21-9-5-4-6-10-21;/h4-11,16,19H,3,12-15,17-18H2,1-2H3,(H,25,29)(H,26,27);1H. The Balaban J connectivity index is 0.00000341. The van der Waals surface area contributed by atoms with Gasteiger partial charge in [-0.3, -0.25) is 4.79 Å². The van der Waals surface area contributed by atoms with E-state index in [1.165, 1.54) is 0 Å². The number of rotatable bonds is 7. The van der Waals surface area contributed by atoms with E-state index >= 15 is 0 Å². The Labute approximate surface area is 202 Å². The number of amides is 1. The van der Waals surface area contributed by atoms with E-state index in [1.54, 1.807) is 7.05 Å². The number of likely N-dealkylation sites (tertiary alicyclic amines) is 1. The van der Waals surface area contributed by atoms with E-state index in [0.29, 0.717) is 18.9 Å². The highest BCUT2D eigenvalue weighted by atomic mass is 127. The number of halogens is 1. The summed E-state index contributed by atoms with van der Waals surface area (Å²) >= 11 is 0. The van der Waals surface area contributed by atoms with Gasteiger partial charge in [0.05, 0.1) is 6.54 Å². The van der Waals surface area contributed by atoms with Gasteiger partial charge in [-0.1, -0.05) is 30.3 Å². The molecule has 0 radical (unpaired) electrons. The lowest BCUT2D eigenvalue weighted by Crippen LogP contribution is -2.46. The van der Waals surface area contributed by atoms with Gasteiger partial charge in [-0.05, 0) is 55.5 Å². The molecule has 2 aromatic carbocycles. The molecule has 31 heavy (non-hydrogen) atoms. The molecule has 0 saturated carbocycles. The van der Waals surface area contributed by atoms with E-state index in [-0.39, 0.29) is 29.9 Å². The second kappa shape index (κ2) is 13.2. The normalized spacial score (nSPS) is 14.5. The third kappa shape index (κ3) is 8.05. The first-order valence-corrected chi connectivity index (χ1v) is 10.7. The van der Waals surface area contributed by atoms with Crippen molar-refractivity contribution in [3.05, 3.63) is 60.2 Å². The first kappa shape index (κ1) is 25.0. The highest BCUT2D eigenvalue weighted by Gasteiger charge is 2.23. The smallest absolute Gasteiger partial charge is 0.220 e. The van der Waals surface area contributed by atoms with E-state index in [2.05, 4.69) is 28.5 Å². The van der Waals surface area contributed by atoms with Gasteiger partial charge in [-0.2, -0.15) is 0 Å². The summed E-state index contributed by atoms with van der Waals surface area (Å²) in [6, 6.07) is 17.9. The van der Waals surface area contributed by atoms with Crippen molar-refractivity contribution >= 4 is 35.8 Å². The van der Waals surface area contributed by atoms with Crippen LogP contribution in [0.4, 0.5) is 0 Å². The van der Waals surface area contributed by atoms with Crippen LogP contribution < -0.4 is 15.4 Å². The van der Waals surface area contributed by atoms with Crippen LogP contribution in [0.5, 0.6) is 11.5 Å². The number of ether oxygens (including phenoxy) is 1. The number of guanidine groups is 1. The van der Waals surface area contributed by atoms with Crippen LogP contribution in [0.3, 0.4) is 0 Å². The zero-order chi connectivity index (χ0) is 21.2. The van der Waals surface area contributed by atoms with Gasteiger partial charge in [0.2, 0.25) is 5.91 Å². The predicted molar refractivity (Wildman–Crippen MR) is 136 cm³/mol. The fourth-order valence-corrected chi connectivity index (χ4v) is 3.64. The fraction of sp³-hybridized carbons (Fsp3) is 0.417. The molecule has 6 nitrogen and oxygen atoms in total. The third-order valence-electron chi connectivity index (χ3n) is 5.29. The zero-order valence-electron chi connectivity index (χ0n) is 18.3. The first-order valence-electron chi connectivity index (χ1n) is 10.7. The molecule has 0 bridgehead atoms. The monoisotopic (exact) mass is 536 g/mol. The van der Waals surface area contributed by atoms with Crippen LogP contribution in [0.25, 0.3) is 0 Å². The van der Waals surface area contributed by atoms with Crippen LogP contribution in [0.15, 0.2) is 59.6 Å². The maximum atomic E-state index is 11.6. The lowest BCUT2D eigenvalue weighted by molar-refractivity contribution is -0.121. The molecule has 0 spiro atoms. The van der Waals surface area contributed by atoms with Crippen molar-refractivity contribution in [2.24, 2.45) is 10.9 Å². The highest BCUT2D eigenvalue weighted by Crippen LogP contribution is 2.23. The number of nitrogens with one attached hydrogen (secondary N) is 2. The van der Waals surface area contributed by atoms with E-state index in [9.17, 15) is 4.79 Å². The topological polar surface area (TPSA) is 66.0 Å². The number of benzene rings is 2. The van der Waals surface area contributed by atoms with Crippen LogP contribution in [0, 0.1) is 5.92 Å². The van der Waals surface area contributed by atoms with Crippen molar-refractivity contribution < 1.29 is 9.53 Å². The zero-order valence-corrected chi connectivity index (χ0v) is 20.7. The molecule has 1 heterocycles. The molecule has 1 amide bonds. The molecule has 0 aromatic heterocycles. The number of carbonyl (C=O) groups is 1. The fourth-order valence-electron chi connectivity index (χ4n) is 3.64. The van der Waals surface area contributed by atoms with Crippen LogP contribution >= 0.6 is 24.0 Å². The van der Waals surface area contributed by atoms with Crippen molar-refractivity contribution in [1.29, 1.82) is 0 Å². The van der Waals surface area contributed by atoms with E-state index in [4.69, 9.17) is 9.73 Å². The van der Waals surface area contributed by atoms with Crippen molar-refractivity contribution in [2.75, 3.05) is 26.7 Å². The van der Waals surface area contributed by atoms with Gasteiger partial charge in [0.1, 0.15) is 11.5 Å². The van der Waals surface area contributed by atoms with Crippen LogP contribution in [0.1, 0.15) is 31.7 Å². The van der Waals surface area contributed by atoms with Crippen LogP contribution in [-0.2, 0) is 11.3 Å². The summed E-state index contributed by atoms with van der Waals surface area (Å²) in [4.78, 5) is 18.8. The number of nitrogens with zero attached hydrogens (tertiary/aromatic N) is 2. The number of piperidine rings is 1. The van der Waals surface area contributed by atoms with Gasteiger partial charge in [0, 0.05) is 33.1 Å². The summed E-state index contributed by atoms with van der Waals surface area (Å²) in [5, 5.41) is 6.14. The Morgan fingerprint density at radius 2 is 1.81 bits per heavy atom. The molecular weight excluding hydrogens is 503 g/mol. The van der Waals surface area contributed by atoms with Gasteiger partial charge in [0.15, 0.2) is 5.96 Å². The molecule has 7 heteroatoms. The number of para-hydroxylation sites is 1. The Morgan fingerprint density at radius 1 is 1.10 bits per heavy atom. The second-order valence-electron chi connectivity index (χ2n) is 7.54. The molecule has 0 aliphatic carbocycles. The maximum absolute atomic E-state index is 11.6. The molecule has 0 unspecified atom stereocenters. The minimum Gasteiger partial charge on any atom is -0.457 e. The van der Waals surface area contributed by atoms with Gasteiger partial charge < -0.3 is 20.3 Å². The van der Waals surface area contributed by atoms with E-state index < -0.39 is 0 Å². The molecule has 2 N–H and O–H groups in total. The molecule has 1 fully saturated rings. The molecule has 2 aromatic rings. The quantitative estimate of drug-likeness (QED) is 0.313. The Morgan fingerprint density at radius 3 is 2.48 bits per heavy atom. The Bertz CT molecular complexity index is 836. The molecule has 1 aliphatic heterocycles. The van der Waals surface area contributed by atoms with Crippen LogP contribution in [-0.4, -0.2) is 43.4 Å². The molecule has 1 saturated heterocycles. The minimum atomic E-state index is 0. The summed E-state index contributed by atoms with van der Waals surface area (Å²) in [6.45, 7) is 5.35. The lowest BCUT2D eigenvalue weighted by Gasteiger charge is -2.34. The van der Waals surface area contributed by atoms with Crippen molar-refractivity contribution in [1.82, 2.24) is 15.5 Å². The predicted octanol–water partition coefficient (Wildman–Crippen LogP) is 4.41. The summed E-state index contributed by atoms with van der Waals surface area (Å²) in [6.07, 6.45) is 2.64. The summed E-state index contributed by atoms with van der Waals surface area (Å²) in [5.41, 5.74) is 1.10. The number of hydrogen-bond acceptors (Lipinski definition) is 3. The lowest BCUT2D eigenvalue weighted by atomic mass is 9.93. The largest absolute Gasteiger partial charge is 0.457 e. The number of aliphatic imine (C=N–C) groups is 1.